The van der Waals surface area contributed by atoms with Crippen LogP contribution in [0.25, 0.3) is 11.0 Å². The number of alkyl carbamates (subject to hydrolysis) is 1. The maximum absolute atomic E-state index is 14.5. The minimum atomic E-state index is -1.10. The van der Waals surface area contributed by atoms with E-state index in [-0.39, 0.29) is 29.5 Å². The van der Waals surface area contributed by atoms with E-state index in [1.165, 1.54) is 11.8 Å². The van der Waals surface area contributed by atoms with E-state index in [1.54, 1.807) is 57.9 Å². The molecule has 2 fully saturated rings. The fraction of sp³-hybridized carbons (Fsp3) is 0.622. The summed E-state index contributed by atoms with van der Waals surface area (Å²) in [6.07, 6.45) is 2.45. The number of aromatic nitrogens is 2. The Morgan fingerprint density at radius 3 is 2.39 bits per heavy atom. The number of allylic oxidation sites excluding steroid dienone is 1. The number of carbonyl (C=O) groups is 4. The Hall–Kier alpha value is -4.13. The van der Waals surface area contributed by atoms with Crippen LogP contribution in [-0.4, -0.2) is 99.8 Å². The van der Waals surface area contributed by atoms with Gasteiger partial charge >= 0.3 is 12.1 Å². The molecule has 13 nitrogen and oxygen atoms in total. The lowest BCUT2D eigenvalue weighted by Gasteiger charge is -2.36. The summed E-state index contributed by atoms with van der Waals surface area (Å²) in [5.74, 6) is -1.15. The summed E-state index contributed by atoms with van der Waals surface area (Å²) in [6.45, 7) is 18.2. The number of amides is 3. The number of hydrogen-bond donors (Lipinski definition) is 1. The van der Waals surface area contributed by atoms with Crippen molar-refractivity contribution in [2.24, 2.45) is 11.3 Å². The van der Waals surface area contributed by atoms with Gasteiger partial charge in [0.15, 0.2) is 5.15 Å². The number of likely N-dealkylation sites (tertiary alicyclic amines) is 2. The summed E-state index contributed by atoms with van der Waals surface area (Å²) >= 11 is 6.51. The molecule has 0 bridgehead atoms. The molecule has 1 N–H and O–H groups in total. The number of nitrogens with zero attached hydrogens (tertiary/aromatic N) is 4. The van der Waals surface area contributed by atoms with Crippen molar-refractivity contribution in [3.8, 4) is 11.6 Å². The predicted octanol–water partition coefficient (Wildman–Crippen LogP) is 5.71. The van der Waals surface area contributed by atoms with Gasteiger partial charge in [-0.25, -0.2) is 19.6 Å². The minimum absolute atomic E-state index is 0.0217. The van der Waals surface area contributed by atoms with E-state index in [2.05, 4.69) is 21.9 Å². The second-order valence-electron chi connectivity index (χ2n) is 15.3. The van der Waals surface area contributed by atoms with Crippen LogP contribution in [-0.2, 0) is 23.9 Å². The van der Waals surface area contributed by atoms with Crippen LogP contribution in [0.5, 0.6) is 11.6 Å². The Morgan fingerprint density at radius 1 is 1.08 bits per heavy atom. The van der Waals surface area contributed by atoms with Crippen molar-refractivity contribution in [3.05, 3.63) is 36.0 Å². The van der Waals surface area contributed by atoms with Gasteiger partial charge in [0.2, 0.25) is 11.8 Å². The van der Waals surface area contributed by atoms with Gasteiger partial charge in [-0.05, 0) is 57.6 Å². The van der Waals surface area contributed by atoms with E-state index in [0.717, 1.165) is 12.8 Å². The standard InChI is InChI=1S/C37H52ClN5O8/c1-11-12-13-14-26-27(17-18-42(26)22(3)44)50-35(47)41-30(36(4,5)6)33(45)43-20-28(21(2)29(43)34(46)51-37(7,8)9)49-32-31(38)39-24-16-15-23(48-10)19-25(24)40-32/h11,15-16,19,21,26-30H,1,12-14,17-18,20H2,2-10H3,(H,41,47)/t21-,26+,27-,28+,29+,30-/m1/s1. The summed E-state index contributed by atoms with van der Waals surface area (Å²) in [5.41, 5.74) is -0.604. The number of rotatable bonds is 11. The highest BCUT2D eigenvalue weighted by Gasteiger charge is 2.51. The molecule has 3 amide bonds. The Labute approximate surface area is 305 Å². The van der Waals surface area contributed by atoms with Crippen molar-refractivity contribution in [3.63, 3.8) is 0 Å². The van der Waals surface area contributed by atoms with E-state index in [1.807, 2.05) is 26.8 Å². The van der Waals surface area contributed by atoms with Gasteiger partial charge in [0.25, 0.3) is 5.88 Å². The first-order valence-electron chi connectivity index (χ1n) is 17.4. The van der Waals surface area contributed by atoms with Gasteiger partial charge in [-0.15, -0.1) is 6.58 Å². The Kier molecular flexibility index (Phi) is 12.5. The van der Waals surface area contributed by atoms with Crippen LogP contribution in [0.4, 0.5) is 4.79 Å². The molecule has 2 aliphatic rings. The molecule has 6 atom stereocenters. The lowest BCUT2D eigenvalue weighted by atomic mass is 9.85. The molecule has 0 unspecified atom stereocenters. The van der Waals surface area contributed by atoms with Crippen molar-refractivity contribution in [1.82, 2.24) is 25.1 Å². The maximum Gasteiger partial charge on any atom is 0.408 e. The van der Waals surface area contributed by atoms with Crippen molar-refractivity contribution in [2.45, 2.75) is 117 Å². The third-order valence-electron chi connectivity index (χ3n) is 9.22. The zero-order valence-corrected chi connectivity index (χ0v) is 31.9. The number of unbranched alkanes of at least 4 members (excludes halogenated alkanes) is 1. The molecule has 280 valence electrons. The molecule has 1 aromatic carbocycles. The number of benzene rings is 1. The second kappa shape index (κ2) is 16.0. The molecule has 2 saturated heterocycles. The zero-order chi connectivity index (χ0) is 37.8. The smallest absolute Gasteiger partial charge is 0.408 e. The van der Waals surface area contributed by atoms with Crippen LogP contribution in [0.15, 0.2) is 30.9 Å². The van der Waals surface area contributed by atoms with Crippen LogP contribution >= 0.6 is 11.6 Å². The summed E-state index contributed by atoms with van der Waals surface area (Å²) in [5, 5.41) is 2.82. The van der Waals surface area contributed by atoms with Gasteiger partial charge in [-0.3, -0.25) is 9.59 Å². The Bertz CT molecular complexity index is 1620. The first-order chi connectivity index (χ1) is 23.8. The number of methoxy groups -OCH3 is 1. The lowest BCUT2D eigenvalue weighted by molar-refractivity contribution is -0.165. The summed E-state index contributed by atoms with van der Waals surface area (Å²) < 4.78 is 23.3. The zero-order valence-electron chi connectivity index (χ0n) is 31.2. The maximum atomic E-state index is 14.5. The Morgan fingerprint density at radius 2 is 1.78 bits per heavy atom. The minimum Gasteiger partial charge on any atom is -0.497 e. The summed E-state index contributed by atoms with van der Waals surface area (Å²) in [4.78, 5) is 66.3. The van der Waals surface area contributed by atoms with Gasteiger partial charge in [0, 0.05) is 31.9 Å². The van der Waals surface area contributed by atoms with Crippen LogP contribution in [0.3, 0.4) is 0 Å². The van der Waals surface area contributed by atoms with Crippen LogP contribution < -0.4 is 14.8 Å². The van der Waals surface area contributed by atoms with Crippen LogP contribution in [0.1, 0.15) is 81.1 Å². The average Bonchev–Trinajstić information content (AvgIpc) is 3.58. The average molecular weight is 730 g/mol. The third-order valence-corrected chi connectivity index (χ3v) is 9.47. The molecule has 0 radical (unpaired) electrons. The van der Waals surface area contributed by atoms with E-state index in [4.69, 9.17) is 30.5 Å². The number of esters is 1. The largest absolute Gasteiger partial charge is 0.497 e. The predicted molar refractivity (Wildman–Crippen MR) is 193 cm³/mol. The van der Waals surface area contributed by atoms with E-state index in [9.17, 15) is 19.2 Å². The quantitative estimate of drug-likeness (QED) is 0.173. The monoisotopic (exact) mass is 729 g/mol. The van der Waals surface area contributed by atoms with Crippen molar-refractivity contribution < 1.29 is 38.1 Å². The topological polar surface area (TPSA) is 149 Å². The molecule has 3 heterocycles. The van der Waals surface area contributed by atoms with Gasteiger partial charge in [0.1, 0.15) is 35.6 Å². The molecule has 51 heavy (non-hydrogen) atoms. The van der Waals surface area contributed by atoms with Crippen molar-refractivity contribution >= 4 is 46.5 Å². The highest BCUT2D eigenvalue weighted by atomic mass is 35.5. The normalized spacial score (nSPS) is 22.7. The summed E-state index contributed by atoms with van der Waals surface area (Å²) in [6, 6.07) is 2.75. The first kappa shape index (κ1) is 39.7. The molecule has 4 rings (SSSR count). The highest BCUT2D eigenvalue weighted by molar-refractivity contribution is 6.31. The molecule has 2 aromatic rings. The van der Waals surface area contributed by atoms with Crippen LogP contribution in [0.2, 0.25) is 5.15 Å². The van der Waals surface area contributed by atoms with Gasteiger partial charge in [0.05, 0.1) is 30.7 Å². The van der Waals surface area contributed by atoms with Crippen molar-refractivity contribution in [2.75, 3.05) is 20.2 Å². The number of fused-ring (bicyclic) bond motifs is 1. The molecule has 0 spiro atoms. The number of hydrogen-bond acceptors (Lipinski definition) is 10. The van der Waals surface area contributed by atoms with Crippen molar-refractivity contribution in [1.29, 1.82) is 0 Å². The fourth-order valence-corrected chi connectivity index (χ4v) is 6.83. The number of carbonyl (C=O) groups excluding carboxylic acids is 4. The highest BCUT2D eigenvalue weighted by Crippen LogP contribution is 2.35. The number of halogens is 1. The van der Waals surface area contributed by atoms with E-state index < -0.39 is 59.2 Å². The lowest BCUT2D eigenvalue weighted by Crippen LogP contribution is -2.58. The van der Waals surface area contributed by atoms with E-state index in [0.29, 0.717) is 36.2 Å². The third kappa shape index (κ3) is 9.61. The van der Waals surface area contributed by atoms with Crippen LogP contribution in [0, 0.1) is 11.3 Å². The Balaban J connectivity index is 1.60. The number of ether oxygens (including phenoxy) is 4. The second-order valence-corrected chi connectivity index (χ2v) is 15.7. The molecular weight excluding hydrogens is 678 g/mol. The first-order valence-corrected chi connectivity index (χ1v) is 17.8. The molecule has 0 saturated carbocycles. The molecule has 0 aliphatic carbocycles. The fourth-order valence-electron chi connectivity index (χ4n) is 6.65. The molecule has 1 aromatic heterocycles. The van der Waals surface area contributed by atoms with Gasteiger partial charge < -0.3 is 34.1 Å². The molecule has 2 aliphatic heterocycles. The summed E-state index contributed by atoms with van der Waals surface area (Å²) in [7, 11) is 1.54. The van der Waals surface area contributed by atoms with Gasteiger partial charge in [-0.2, -0.15) is 0 Å². The molecule has 14 heteroatoms. The SMILES string of the molecule is C=CCCC[C@H]1[C@H](OC(=O)N[C@H](C(=O)N2C[C@H](Oc3nc4cc(OC)ccc4nc3Cl)[C@@H](C)[C@H]2C(=O)OC(C)(C)C)C(C)(C)C)CCN1C(C)=O. The van der Waals surface area contributed by atoms with Gasteiger partial charge in [-0.1, -0.05) is 45.4 Å². The molecular formula is C37H52ClN5O8. The van der Waals surface area contributed by atoms with E-state index >= 15 is 0 Å². The number of nitrogens with one attached hydrogen (secondary N) is 1.